The summed E-state index contributed by atoms with van der Waals surface area (Å²) in [6.07, 6.45) is 3.13. The van der Waals surface area contributed by atoms with Crippen LogP contribution in [-0.2, 0) is 4.79 Å². The molecule has 6 nitrogen and oxygen atoms in total. The monoisotopic (exact) mass is 388 g/mol. The van der Waals surface area contributed by atoms with Gasteiger partial charge in [-0.1, -0.05) is 29.0 Å². The van der Waals surface area contributed by atoms with Crippen molar-refractivity contribution in [3.05, 3.63) is 47.0 Å². The van der Waals surface area contributed by atoms with Crippen molar-refractivity contribution < 1.29 is 19.0 Å². The first-order valence-electron chi connectivity index (χ1n) is 7.66. The molecule has 2 aromatic carbocycles. The molecular formula is C18H13ClN2O4S. The van der Waals surface area contributed by atoms with Crippen LogP contribution in [0.25, 0.3) is 16.3 Å². The van der Waals surface area contributed by atoms with E-state index < -0.39 is 0 Å². The Hall–Kier alpha value is -2.77. The fourth-order valence-corrected chi connectivity index (χ4v) is 3.67. The van der Waals surface area contributed by atoms with E-state index in [1.165, 1.54) is 17.4 Å². The maximum absolute atomic E-state index is 12.2. The number of nitrogens with zero attached hydrogens (tertiary/aromatic N) is 1. The minimum absolute atomic E-state index is 0.215. The summed E-state index contributed by atoms with van der Waals surface area (Å²) in [5.41, 5.74) is 1.46. The lowest BCUT2D eigenvalue weighted by Crippen LogP contribution is -2.07. The van der Waals surface area contributed by atoms with Gasteiger partial charge in [-0.3, -0.25) is 10.1 Å². The number of nitrogens with one attached hydrogen (secondary N) is 1. The van der Waals surface area contributed by atoms with Crippen LogP contribution in [0.15, 0.2) is 36.4 Å². The number of carbonyl (C=O) groups excluding carboxylic acids is 1. The zero-order valence-electron chi connectivity index (χ0n) is 13.6. The molecule has 0 saturated heterocycles. The quantitative estimate of drug-likeness (QED) is 0.673. The molecule has 132 valence electrons. The van der Waals surface area contributed by atoms with Gasteiger partial charge in [0.15, 0.2) is 16.6 Å². The molecule has 0 fully saturated rings. The minimum Gasteiger partial charge on any atom is -0.494 e. The highest BCUT2D eigenvalue weighted by atomic mass is 35.5. The van der Waals surface area contributed by atoms with E-state index in [0.717, 1.165) is 10.3 Å². The van der Waals surface area contributed by atoms with Crippen molar-refractivity contribution >= 4 is 50.3 Å². The molecule has 1 aliphatic rings. The Labute approximate surface area is 158 Å². The van der Waals surface area contributed by atoms with Crippen molar-refractivity contribution in [2.45, 2.75) is 0 Å². The van der Waals surface area contributed by atoms with Crippen molar-refractivity contribution in [1.29, 1.82) is 0 Å². The van der Waals surface area contributed by atoms with Gasteiger partial charge in [-0.2, -0.15) is 0 Å². The largest absolute Gasteiger partial charge is 0.494 e. The molecule has 0 unspecified atom stereocenters. The van der Waals surface area contributed by atoms with Crippen molar-refractivity contribution in [2.24, 2.45) is 0 Å². The first-order chi connectivity index (χ1) is 12.6. The average molecular weight is 389 g/mol. The van der Waals surface area contributed by atoms with E-state index in [1.807, 2.05) is 18.2 Å². The Morgan fingerprint density at radius 1 is 1.31 bits per heavy atom. The molecule has 1 aliphatic heterocycles. The number of amides is 1. The Morgan fingerprint density at radius 3 is 3.00 bits per heavy atom. The van der Waals surface area contributed by atoms with E-state index in [1.54, 1.807) is 25.3 Å². The summed E-state index contributed by atoms with van der Waals surface area (Å²) in [7, 11) is 1.56. The topological polar surface area (TPSA) is 69.7 Å². The fourth-order valence-electron chi connectivity index (χ4n) is 2.51. The number of rotatable bonds is 4. The van der Waals surface area contributed by atoms with Crippen molar-refractivity contribution in [2.75, 3.05) is 19.2 Å². The van der Waals surface area contributed by atoms with Gasteiger partial charge in [0.25, 0.3) is 0 Å². The van der Waals surface area contributed by atoms with Gasteiger partial charge >= 0.3 is 0 Å². The summed E-state index contributed by atoms with van der Waals surface area (Å²) in [5, 5.41) is 3.76. The number of hydrogen-bond acceptors (Lipinski definition) is 6. The normalized spacial score (nSPS) is 12.7. The van der Waals surface area contributed by atoms with Gasteiger partial charge in [-0.05, 0) is 35.9 Å². The zero-order valence-corrected chi connectivity index (χ0v) is 15.2. The van der Waals surface area contributed by atoms with Crippen LogP contribution >= 0.6 is 22.9 Å². The van der Waals surface area contributed by atoms with E-state index in [4.69, 9.17) is 25.8 Å². The van der Waals surface area contributed by atoms with Crippen LogP contribution in [0.3, 0.4) is 0 Å². The van der Waals surface area contributed by atoms with Gasteiger partial charge in [-0.25, -0.2) is 4.98 Å². The lowest BCUT2D eigenvalue weighted by Gasteiger charge is -2.00. The third kappa shape index (κ3) is 3.18. The van der Waals surface area contributed by atoms with Crippen molar-refractivity contribution in [3.8, 4) is 17.2 Å². The van der Waals surface area contributed by atoms with Crippen LogP contribution in [0, 0.1) is 0 Å². The van der Waals surface area contributed by atoms with E-state index in [9.17, 15) is 4.79 Å². The summed E-state index contributed by atoms with van der Waals surface area (Å²) < 4.78 is 16.6. The zero-order chi connectivity index (χ0) is 18.1. The van der Waals surface area contributed by atoms with Gasteiger partial charge in [-0.15, -0.1) is 0 Å². The number of thiazole rings is 1. The van der Waals surface area contributed by atoms with E-state index >= 15 is 0 Å². The second-order valence-electron chi connectivity index (χ2n) is 5.38. The SMILES string of the molecule is COc1ccc(Cl)c2sc(NC(=O)/C=C\c3ccc4c(c3)OCO4)nc12. The third-order valence-corrected chi connectivity index (χ3v) is 5.16. The summed E-state index contributed by atoms with van der Waals surface area (Å²) in [5.74, 6) is 1.68. The lowest BCUT2D eigenvalue weighted by atomic mass is 10.2. The van der Waals surface area contributed by atoms with E-state index in [0.29, 0.717) is 32.9 Å². The van der Waals surface area contributed by atoms with Crippen molar-refractivity contribution in [3.63, 3.8) is 0 Å². The molecule has 3 aromatic rings. The number of carbonyl (C=O) groups is 1. The number of fused-ring (bicyclic) bond motifs is 2. The molecule has 2 heterocycles. The predicted molar refractivity (Wildman–Crippen MR) is 101 cm³/mol. The second kappa shape index (κ2) is 6.86. The van der Waals surface area contributed by atoms with Crippen LogP contribution < -0.4 is 19.5 Å². The van der Waals surface area contributed by atoms with Crippen molar-refractivity contribution in [1.82, 2.24) is 4.98 Å². The standard InChI is InChI=1S/C18H13ClN2O4S/c1-23-13-6-4-11(19)17-16(13)21-18(26-17)20-15(22)7-3-10-2-5-12-14(8-10)25-9-24-12/h2-8H,9H2,1H3,(H,20,21,22)/b7-3-. The number of halogens is 1. The van der Waals surface area contributed by atoms with Crippen LogP contribution in [-0.4, -0.2) is 24.8 Å². The Kier molecular flexibility index (Phi) is 4.40. The van der Waals surface area contributed by atoms with Gasteiger partial charge in [0.2, 0.25) is 12.7 Å². The molecule has 0 spiro atoms. The Bertz CT molecular complexity index is 1030. The summed E-state index contributed by atoms with van der Waals surface area (Å²) >= 11 is 7.48. The number of ether oxygens (including phenoxy) is 3. The Morgan fingerprint density at radius 2 is 2.15 bits per heavy atom. The molecule has 0 atom stereocenters. The van der Waals surface area contributed by atoms with Crippen LogP contribution in [0.2, 0.25) is 5.02 Å². The summed E-state index contributed by atoms with van der Waals surface area (Å²) in [6, 6.07) is 8.96. The molecular weight excluding hydrogens is 376 g/mol. The lowest BCUT2D eigenvalue weighted by molar-refractivity contribution is -0.111. The van der Waals surface area contributed by atoms with E-state index in [2.05, 4.69) is 10.3 Å². The van der Waals surface area contributed by atoms with E-state index in [-0.39, 0.29) is 12.7 Å². The fraction of sp³-hybridized carbons (Fsp3) is 0.111. The highest BCUT2D eigenvalue weighted by Gasteiger charge is 2.14. The predicted octanol–water partition coefficient (Wildman–Crippen LogP) is 4.34. The molecule has 1 N–H and O–H groups in total. The molecule has 0 saturated carbocycles. The first-order valence-corrected chi connectivity index (χ1v) is 8.85. The van der Waals surface area contributed by atoms with Crippen LogP contribution in [0.5, 0.6) is 17.2 Å². The first kappa shape index (κ1) is 16.7. The number of anilines is 1. The number of methoxy groups -OCH3 is 1. The highest BCUT2D eigenvalue weighted by molar-refractivity contribution is 7.23. The Balaban J connectivity index is 1.51. The molecule has 1 amide bonds. The molecule has 26 heavy (non-hydrogen) atoms. The molecule has 1 aromatic heterocycles. The van der Waals surface area contributed by atoms with Gasteiger partial charge in [0, 0.05) is 6.08 Å². The maximum atomic E-state index is 12.2. The average Bonchev–Trinajstić information content (AvgIpc) is 3.27. The van der Waals surface area contributed by atoms with Gasteiger partial charge in [0.05, 0.1) is 16.8 Å². The van der Waals surface area contributed by atoms with Gasteiger partial charge in [0.1, 0.15) is 11.3 Å². The third-order valence-electron chi connectivity index (χ3n) is 3.73. The smallest absolute Gasteiger partial charge is 0.250 e. The summed E-state index contributed by atoms with van der Waals surface area (Å²) in [4.78, 5) is 16.6. The van der Waals surface area contributed by atoms with Crippen LogP contribution in [0.1, 0.15) is 5.56 Å². The molecule has 0 radical (unpaired) electrons. The number of benzene rings is 2. The number of aromatic nitrogens is 1. The minimum atomic E-state index is -0.295. The molecule has 4 rings (SSSR count). The molecule has 0 aliphatic carbocycles. The maximum Gasteiger partial charge on any atom is 0.250 e. The summed E-state index contributed by atoms with van der Waals surface area (Å²) in [6.45, 7) is 0.215. The number of hydrogen-bond donors (Lipinski definition) is 1. The van der Waals surface area contributed by atoms with Gasteiger partial charge < -0.3 is 14.2 Å². The highest BCUT2D eigenvalue weighted by Crippen LogP contribution is 2.37. The second-order valence-corrected chi connectivity index (χ2v) is 6.79. The molecule has 0 bridgehead atoms. The molecule has 8 heteroatoms. The van der Waals surface area contributed by atoms with Crippen LogP contribution in [0.4, 0.5) is 5.13 Å².